The Morgan fingerprint density at radius 2 is 1.27 bits per heavy atom. The van der Waals surface area contributed by atoms with E-state index in [4.69, 9.17) is 42.6 Å². The van der Waals surface area contributed by atoms with Crippen LogP contribution in [0.2, 0.25) is 0 Å². The van der Waals surface area contributed by atoms with Gasteiger partial charge in [-0.25, -0.2) is 4.39 Å². The fraction of sp³-hybridized carbons (Fsp3) is 0.632. The Morgan fingerprint density at radius 3 is 1.92 bits per heavy atom. The Bertz CT molecular complexity index is 1090. The van der Waals surface area contributed by atoms with Crippen LogP contribution in [0.15, 0.2) is 55.1 Å². The summed E-state index contributed by atoms with van der Waals surface area (Å²) in [5.74, 6) is 0.672. The first-order chi connectivity index (χ1) is 24.2. The molecule has 1 fully saturated rings. The number of ether oxygens (including phenoxy) is 9. The molecule has 49 heavy (non-hydrogen) atoms. The molecule has 1 aliphatic heterocycles. The van der Waals surface area contributed by atoms with E-state index in [0.717, 1.165) is 68.2 Å². The molecular weight excluding hydrogens is 635 g/mol. The number of aliphatic hydroxyl groups excluding tert-OH is 1. The van der Waals surface area contributed by atoms with E-state index in [2.05, 4.69) is 6.58 Å². The van der Waals surface area contributed by atoms with E-state index < -0.39 is 6.29 Å². The van der Waals surface area contributed by atoms with Crippen LogP contribution in [0, 0.1) is 5.82 Å². The number of halogens is 1. The van der Waals surface area contributed by atoms with Gasteiger partial charge in [-0.15, -0.1) is 0 Å². The number of aliphatic hydroxyl groups is 1. The van der Waals surface area contributed by atoms with Crippen LogP contribution in [0.3, 0.4) is 0 Å². The molecule has 1 saturated heterocycles. The summed E-state index contributed by atoms with van der Waals surface area (Å²) in [5, 5.41) is 9.28. The third kappa shape index (κ3) is 19.4. The molecule has 2 unspecified atom stereocenters. The highest BCUT2D eigenvalue weighted by molar-refractivity contribution is 5.65. The molecule has 1 heterocycles. The van der Waals surface area contributed by atoms with Crippen molar-refractivity contribution in [3.63, 3.8) is 0 Å². The van der Waals surface area contributed by atoms with Crippen LogP contribution < -0.4 is 9.47 Å². The average molecular weight is 693 g/mol. The lowest BCUT2D eigenvalue weighted by molar-refractivity contribution is -0.0778. The van der Waals surface area contributed by atoms with Crippen molar-refractivity contribution in [2.24, 2.45) is 0 Å². The molecule has 10 nitrogen and oxygen atoms in total. The highest BCUT2D eigenvalue weighted by Crippen LogP contribution is 2.27. The minimum Gasteiger partial charge on any atom is -0.494 e. The topological polar surface area (TPSA) is 103 Å². The summed E-state index contributed by atoms with van der Waals surface area (Å²) in [5.41, 5.74) is 1.69. The maximum absolute atomic E-state index is 14.7. The van der Waals surface area contributed by atoms with Gasteiger partial charge in [-0.3, -0.25) is 0 Å². The minimum atomic E-state index is -0.909. The van der Waals surface area contributed by atoms with Crippen LogP contribution in [0.25, 0.3) is 11.1 Å². The Kier molecular flexibility index (Phi) is 22.6. The third-order valence-corrected chi connectivity index (χ3v) is 7.66. The summed E-state index contributed by atoms with van der Waals surface area (Å²) in [7, 11) is 0. The van der Waals surface area contributed by atoms with E-state index in [1.807, 2.05) is 30.3 Å². The number of hydrogen-bond acceptors (Lipinski definition) is 10. The van der Waals surface area contributed by atoms with E-state index in [0.29, 0.717) is 92.5 Å². The lowest BCUT2D eigenvalue weighted by atomic mass is 10.1. The standard InChI is InChI=1S/C38H57FO10/c1-2-38(40)49-20-10-6-5-9-19-48-37-16-13-33(29-36(37)39)32-11-14-34(15-12-32)46-18-8-4-3-7-17-44-30-35-31-45-26-25-42-22-21-41-23-24-43-27-28-47-35/h2,11-16,29,35,38,40H,1,3-10,17-28,30-31H2. The smallest absolute Gasteiger partial charge is 0.173 e. The van der Waals surface area contributed by atoms with Crippen molar-refractivity contribution in [1.82, 2.24) is 0 Å². The van der Waals surface area contributed by atoms with Crippen LogP contribution >= 0.6 is 0 Å². The fourth-order valence-electron chi connectivity index (χ4n) is 4.91. The van der Waals surface area contributed by atoms with Gasteiger partial charge in [0.25, 0.3) is 0 Å². The van der Waals surface area contributed by atoms with Crippen LogP contribution in [-0.4, -0.2) is 110 Å². The lowest BCUT2D eigenvalue weighted by Gasteiger charge is -2.18. The minimum absolute atomic E-state index is 0.139. The maximum Gasteiger partial charge on any atom is 0.173 e. The maximum atomic E-state index is 14.7. The summed E-state index contributed by atoms with van der Waals surface area (Å²) in [6.07, 6.45) is 7.88. The second-order valence-corrected chi connectivity index (χ2v) is 11.7. The van der Waals surface area contributed by atoms with Gasteiger partial charge in [0.05, 0.1) is 85.9 Å². The molecule has 2 aromatic rings. The lowest BCUT2D eigenvalue weighted by Crippen LogP contribution is -2.28. The monoisotopic (exact) mass is 692 g/mol. The number of unbranched alkanes of at least 4 members (excludes halogenated alkanes) is 6. The van der Waals surface area contributed by atoms with E-state index in [1.54, 1.807) is 6.07 Å². The van der Waals surface area contributed by atoms with Gasteiger partial charge >= 0.3 is 0 Å². The van der Waals surface area contributed by atoms with Gasteiger partial charge in [0.15, 0.2) is 17.9 Å². The molecule has 2 aromatic carbocycles. The highest BCUT2D eigenvalue weighted by Gasteiger charge is 2.11. The van der Waals surface area contributed by atoms with E-state index in [1.165, 1.54) is 12.1 Å². The van der Waals surface area contributed by atoms with Crippen molar-refractivity contribution >= 4 is 0 Å². The molecule has 3 rings (SSSR count). The molecule has 0 radical (unpaired) electrons. The summed E-state index contributed by atoms with van der Waals surface area (Å²) in [4.78, 5) is 0. The molecule has 0 spiro atoms. The fourth-order valence-corrected chi connectivity index (χ4v) is 4.91. The van der Waals surface area contributed by atoms with E-state index in [-0.39, 0.29) is 17.7 Å². The molecule has 0 bridgehead atoms. The van der Waals surface area contributed by atoms with Gasteiger partial charge in [-0.1, -0.05) is 37.6 Å². The average Bonchev–Trinajstić information content (AvgIpc) is 3.13. The normalized spacial score (nSPS) is 17.5. The Labute approximate surface area is 291 Å². The second-order valence-electron chi connectivity index (χ2n) is 11.7. The van der Waals surface area contributed by atoms with Crippen molar-refractivity contribution < 1.29 is 52.1 Å². The molecule has 276 valence electrons. The predicted octanol–water partition coefficient (Wildman–Crippen LogP) is 6.37. The predicted molar refractivity (Wildman–Crippen MR) is 186 cm³/mol. The number of rotatable bonds is 21. The van der Waals surface area contributed by atoms with Crippen LogP contribution in [0.1, 0.15) is 51.4 Å². The highest BCUT2D eigenvalue weighted by atomic mass is 19.1. The van der Waals surface area contributed by atoms with Crippen molar-refractivity contribution in [3.8, 4) is 22.6 Å². The van der Waals surface area contributed by atoms with Gasteiger partial charge in [0.1, 0.15) is 11.9 Å². The molecule has 2 atom stereocenters. The van der Waals surface area contributed by atoms with Gasteiger partial charge in [0.2, 0.25) is 0 Å². The van der Waals surface area contributed by atoms with E-state index >= 15 is 0 Å². The number of hydrogen-bond donors (Lipinski definition) is 1. The molecular formula is C38H57FO10. The SMILES string of the molecule is C=CC(O)OCCCCCCOc1ccc(-c2ccc(OCCCCCCOCC3COCCOCCOCCOCCO3)cc2)cc1F. The molecule has 1 aliphatic rings. The summed E-state index contributed by atoms with van der Waals surface area (Å²) >= 11 is 0. The molecule has 1 N–H and O–H groups in total. The first-order valence-electron chi connectivity index (χ1n) is 17.7. The summed E-state index contributed by atoms with van der Waals surface area (Å²) in [6.45, 7) is 10.9. The van der Waals surface area contributed by atoms with Gasteiger partial charge in [-0.2, -0.15) is 0 Å². The first-order valence-corrected chi connectivity index (χ1v) is 17.7. The zero-order valence-electron chi connectivity index (χ0n) is 29.0. The van der Waals surface area contributed by atoms with Crippen LogP contribution in [0.5, 0.6) is 11.5 Å². The quantitative estimate of drug-likeness (QED) is 0.0902. The van der Waals surface area contributed by atoms with Crippen molar-refractivity contribution in [2.45, 2.75) is 63.8 Å². The van der Waals surface area contributed by atoms with Gasteiger partial charge in [-0.05, 0) is 80.0 Å². The summed E-state index contributed by atoms with van der Waals surface area (Å²) < 4.78 is 65.3. The molecule has 11 heteroatoms. The van der Waals surface area contributed by atoms with E-state index in [9.17, 15) is 9.50 Å². The number of benzene rings is 2. The van der Waals surface area contributed by atoms with Crippen molar-refractivity contribution in [3.05, 3.63) is 60.9 Å². The van der Waals surface area contributed by atoms with Crippen molar-refractivity contribution in [2.75, 3.05) is 92.5 Å². The Balaban J connectivity index is 1.22. The largest absolute Gasteiger partial charge is 0.494 e. The van der Waals surface area contributed by atoms with Crippen LogP contribution in [0.4, 0.5) is 4.39 Å². The third-order valence-electron chi connectivity index (χ3n) is 7.66. The Morgan fingerprint density at radius 1 is 0.694 bits per heavy atom. The molecule has 0 saturated carbocycles. The summed E-state index contributed by atoms with van der Waals surface area (Å²) in [6, 6.07) is 12.8. The first kappa shape index (κ1) is 40.8. The Hall–Kier alpha value is -2.61. The zero-order valence-corrected chi connectivity index (χ0v) is 29.0. The van der Waals surface area contributed by atoms with Gasteiger partial charge < -0.3 is 47.7 Å². The van der Waals surface area contributed by atoms with Crippen LogP contribution in [-0.2, 0) is 33.2 Å². The zero-order chi connectivity index (χ0) is 34.6. The molecule has 0 amide bonds. The van der Waals surface area contributed by atoms with Crippen molar-refractivity contribution in [1.29, 1.82) is 0 Å². The molecule has 0 aromatic heterocycles. The molecule has 0 aliphatic carbocycles. The second kappa shape index (κ2) is 27.2. The van der Waals surface area contributed by atoms with Gasteiger partial charge in [0, 0.05) is 6.61 Å².